The van der Waals surface area contributed by atoms with Gasteiger partial charge in [-0.15, -0.1) is 0 Å². The van der Waals surface area contributed by atoms with Crippen LogP contribution in [0.25, 0.3) is 33.4 Å². The lowest BCUT2D eigenvalue weighted by Crippen LogP contribution is -2.39. The first-order chi connectivity index (χ1) is 26.6. The predicted octanol–water partition coefficient (Wildman–Crippen LogP) is 4.98. The van der Waals surface area contributed by atoms with Gasteiger partial charge in [0.2, 0.25) is 11.8 Å². The van der Waals surface area contributed by atoms with Crippen molar-refractivity contribution in [2.24, 2.45) is 14.1 Å². The number of imide groups is 1. The second-order valence-electron chi connectivity index (χ2n) is 13.3. The molecule has 1 unspecified atom stereocenters. The number of pyridine rings is 1. The fraction of sp³-hybridized carbons (Fsp3) is 0.275. The van der Waals surface area contributed by atoms with Gasteiger partial charge >= 0.3 is 5.69 Å². The van der Waals surface area contributed by atoms with Gasteiger partial charge in [0.05, 0.1) is 47.8 Å². The summed E-state index contributed by atoms with van der Waals surface area (Å²) in [6.45, 7) is 3.15. The molecule has 268 valence electrons. The maximum Gasteiger partial charge on any atom is 0.328 e. The Labute approximate surface area is 309 Å². The highest BCUT2D eigenvalue weighted by atomic mass is 16.3. The van der Waals surface area contributed by atoms with E-state index in [1.165, 1.54) is 28.1 Å². The van der Waals surface area contributed by atoms with Gasteiger partial charge in [-0.2, -0.15) is 0 Å². The number of imidazole rings is 1. The van der Waals surface area contributed by atoms with Gasteiger partial charge < -0.3 is 14.6 Å². The Morgan fingerprint density at radius 2 is 1.87 bits per heavy atom. The standard InChI is InChI=1S/C40H38N8O5/c1-22(2)29-16-26(17-32-36(29)48(6)40(52)47(32)5)46(4)27-19-43-37(44-20-27)25-14-23(3)35(42-18-25)39(51)41-13-7-8-24-9-11-33-30(15-24)31(21-53-33)28-10-12-34(49)45-38(28)50/h9,11,14-22,28H,10,12-13H2,1-6H3,(H,41,51)(H,45,49,50)/i4D3. The van der Waals surface area contributed by atoms with Crippen molar-refractivity contribution in [3.63, 3.8) is 0 Å². The van der Waals surface area contributed by atoms with Crippen LogP contribution in [-0.4, -0.2) is 55.3 Å². The second kappa shape index (κ2) is 13.9. The third kappa shape index (κ3) is 6.55. The number of amides is 3. The number of carbonyl (C=O) groups is 3. The van der Waals surface area contributed by atoms with Crippen LogP contribution >= 0.6 is 0 Å². The number of aryl methyl sites for hydroxylation is 3. The summed E-state index contributed by atoms with van der Waals surface area (Å²) in [6, 6.07) is 10.6. The van der Waals surface area contributed by atoms with Gasteiger partial charge in [-0.05, 0) is 66.8 Å². The summed E-state index contributed by atoms with van der Waals surface area (Å²) in [7, 11) is 3.36. The van der Waals surface area contributed by atoms with Gasteiger partial charge in [-0.25, -0.2) is 14.8 Å². The van der Waals surface area contributed by atoms with E-state index in [2.05, 4.69) is 37.4 Å². The van der Waals surface area contributed by atoms with Crippen LogP contribution < -0.4 is 21.2 Å². The number of benzene rings is 2. The van der Waals surface area contributed by atoms with Gasteiger partial charge in [0.1, 0.15) is 11.3 Å². The molecule has 5 heterocycles. The Hall–Kier alpha value is -6.55. The van der Waals surface area contributed by atoms with Gasteiger partial charge in [0.15, 0.2) is 5.82 Å². The minimum absolute atomic E-state index is 0.00334. The zero-order valence-electron chi connectivity index (χ0n) is 32.8. The van der Waals surface area contributed by atoms with E-state index in [-0.39, 0.29) is 53.6 Å². The summed E-state index contributed by atoms with van der Waals surface area (Å²) in [6.07, 6.45) is 6.52. The first kappa shape index (κ1) is 31.2. The van der Waals surface area contributed by atoms with Gasteiger partial charge in [-0.1, -0.05) is 25.7 Å². The Kier molecular flexibility index (Phi) is 8.17. The van der Waals surface area contributed by atoms with Gasteiger partial charge in [-0.3, -0.25) is 33.8 Å². The summed E-state index contributed by atoms with van der Waals surface area (Å²) in [5.41, 5.74) is 5.82. The maximum atomic E-state index is 13.0. The lowest BCUT2D eigenvalue weighted by atomic mass is 9.90. The van der Waals surface area contributed by atoms with Crippen LogP contribution in [0, 0.1) is 18.8 Å². The summed E-state index contributed by atoms with van der Waals surface area (Å²) >= 11 is 0. The molecule has 6 aromatic rings. The highest BCUT2D eigenvalue weighted by Gasteiger charge is 2.30. The van der Waals surface area contributed by atoms with Crippen molar-refractivity contribution in [1.29, 1.82) is 0 Å². The smallest absolute Gasteiger partial charge is 0.328 e. The number of piperidine rings is 1. The monoisotopic (exact) mass is 713 g/mol. The maximum absolute atomic E-state index is 13.0. The number of anilines is 2. The third-order valence-electron chi connectivity index (χ3n) is 9.49. The molecule has 0 saturated carbocycles. The third-order valence-corrected chi connectivity index (χ3v) is 9.49. The molecule has 1 aliphatic rings. The van der Waals surface area contributed by atoms with Crippen LogP contribution in [-0.2, 0) is 23.7 Å². The van der Waals surface area contributed by atoms with E-state index in [0.29, 0.717) is 45.5 Å². The van der Waals surface area contributed by atoms with Crippen LogP contribution in [0.5, 0.6) is 0 Å². The fourth-order valence-electron chi connectivity index (χ4n) is 6.65. The Morgan fingerprint density at radius 3 is 2.58 bits per heavy atom. The van der Waals surface area contributed by atoms with E-state index in [9.17, 15) is 19.2 Å². The van der Waals surface area contributed by atoms with E-state index in [0.717, 1.165) is 16.5 Å². The molecule has 13 heteroatoms. The van der Waals surface area contributed by atoms with Gasteiger partial charge in [0.25, 0.3) is 5.91 Å². The van der Waals surface area contributed by atoms with Crippen molar-refractivity contribution in [2.45, 2.75) is 45.4 Å². The molecule has 0 aliphatic carbocycles. The van der Waals surface area contributed by atoms with Gasteiger partial charge in [0, 0.05) is 65.6 Å². The molecule has 53 heavy (non-hydrogen) atoms. The number of hydrogen-bond acceptors (Lipinski definition) is 9. The highest BCUT2D eigenvalue weighted by Crippen LogP contribution is 2.34. The van der Waals surface area contributed by atoms with Crippen molar-refractivity contribution in [3.05, 3.63) is 99.7 Å². The summed E-state index contributed by atoms with van der Waals surface area (Å²) in [5, 5.41) is 5.88. The molecule has 2 N–H and O–H groups in total. The molecule has 0 radical (unpaired) electrons. The van der Waals surface area contributed by atoms with Crippen molar-refractivity contribution in [3.8, 4) is 23.2 Å². The number of rotatable bonds is 7. The molecule has 0 spiro atoms. The topological polar surface area (TPSA) is 157 Å². The lowest BCUT2D eigenvalue weighted by molar-refractivity contribution is -0.134. The van der Waals surface area contributed by atoms with Crippen molar-refractivity contribution in [2.75, 3.05) is 18.4 Å². The average molecular weight is 714 g/mol. The second-order valence-corrected chi connectivity index (χ2v) is 13.3. The molecule has 1 fully saturated rings. The number of aromatic nitrogens is 5. The van der Waals surface area contributed by atoms with Crippen LogP contribution in [0.4, 0.5) is 11.4 Å². The normalized spacial score (nSPS) is 15.4. The zero-order chi connectivity index (χ0) is 40.1. The SMILES string of the molecule is [2H]C([2H])([2H])N(c1cnc(-c2cnc(C(=O)NCC#Cc3ccc4occ(C5CCC(=O)NC5=O)c4c3)c(C)c2)nc1)c1cc(C(C)C)c2c(c1)n(C)c(=O)n2C. The molecule has 3 amide bonds. The summed E-state index contributed by atoms with van der Waals surface area (Å²) < 4.78 is 33.9. The molecule has 1 atom stereocenters. The summed E-state index contributed by atoms with van der Waals surface area (Å²) in [4.78, 5) is 64.4. The summed E-state index contributed by atoms with van der Waals surface area (Å²) in [5.74, 6) is 4.71. The van der Waals surface area contributed by atoms with Crippen molar-refractivity contribution in [1.82, 2.24) is 34.7 Å². The quantitative estimate of drug-likeness (QED) is 0.172. The lowest BCUT2D eigenvalue weighted by Gasteiger charge is -2.21. The Morgan fingerprint density at radius 1 is 1.08 bits per heavy atom. The number of fused-ring (bicyclic) bond motifs is 2. The molecule has 7 rings (SSSR count). The van der Waals surface area contributed by atoms with Crippen LogP contribution in [0.15, 0.2) is 70.5 Å². The molecule has 13 nitrogen and oxygen atoms in total. The molecule has 1 saturated heterocycles. The van der Waals surface area contributed by atoms with Crippen LogP contribution in [0.1, 0.15) is 75.4 Å². The van der Waals surface area contributed by atoms with E-state index in [1.807, 2.05) is 19.9 Å². The fourth-order valence-corrected chi connectivity index (χ4v) is 6.65. The number of nitrogens with one attached hydrogen (secondary N) is 2. The minimum atomic E-state index is -2.60. The largest absolute Gasteiger partial charge is 0.464 e. The predicted molar refractivity (Wildman–Crippen MR) is 201 cm³/mol. The molecular weight excluding hydrogens is 672 g/mol. The highest BCUT2D eigenvalue weighted by molar-refractivity contribution is 6.03. The van der Waals surface area contributed by atoms with E-state index < -0.39 is 18.8 Å². The van der Waals surface area contributed by atoms with Crippen LogP contribution in [0.2, 0.25) is 0 Å². The number of furan rings is 1. The van der Waals surface area contributed by atoms with E-state index >= 15 is 0 Å². The zero-order valence-corrected chi connectivity index (χ0v) is 29.8. The first-order valence-corrected chi connectivity index (χ1v) is 17.0. The minimum Gasteiger partial charge on any atom is -0.464 e. The van der Waals surface area contributed by atoms with Crippen LogP contribution in [0.3, 0.4) is 0 Å². The molecule has 1 aliphatic heterocycles. The molecule has 2 aromatic carbocycles. The number of carbonyl (C=O) groups excluding carboxylic acids is 3. The van der Waals surface area contributed by atoms with Crippen molar-refractivity contribution < 1.29 is 22.9 Å². The first-order valence-electron chi connectivity index (χ1n) is 18.5. The van der Waals surface area contributed by atoms with Crippen molar-refractivity contribution >= 4 is 51.1 Å². The molecular formula is C40H38N8O5. The molecule has 0 bridgehead atoms. The average Bonchev–Trinajstić information content (AvgIpc) is 3.66. The van der Waals surface area contributed by atoms with E-state index in [1.54, 1.807) is 62.2 Å². The molecule has 4 aromatic heterocycles. The number of hydrogen-bond donors (Lipinski definition) is 2. The van der Waals surface area contributed by atoms with E-state index in [4.69, 9.17) is 8.53 Å². The Balaban J connectivity index is 1.05. The Bertz CT molecular complexity index is 2680. The number of nitrogens with zero attached hydrogens (tertiary/aromatic N) is 6.